The highest BCUT2D eigenvalue weighted by molar-refractivity contribution is 6.00. The Morgan fingerprint density at radius 2 is 2.24 bits per heavy atom. The average molecular weight is 225 g/mol. The van der Waals surface area contributed by atoms with Gasteiger partial charge in [0.15, 0.2) is 0 Å². The minimum absolute atomic E-state index is 0.731. The second kappa shape index (κ2) is 4.18. The molecular weight excluding hydrogens is 210 g/mol. The molecule has 0 amide bonds. The van der Waals surface area contributed by atoms with Crippen molar-refractivity contribution in [3.8, 4) is 0 Å². The van der Waals surface area contributed by atoms with Crippen LogP contribution < -0.4 is 5.73 Å². The predicted molar refractivity (Wildman–Crippen MR) is 72.2 cm³/mol. The first-order valence-electron chi connectivity index (χ1n) is 5.93. The van der Waals surface area contributed by atoms with E-state index in [4.69, 9.17) is 5.73 Å². The van der Waals surface area contributed by atoms with Gasteiger partial charge in [0.1, 0.15) is 0 Å². The number of hydrogen-bond acceptors (Lipinski definition) is 2. The summed E-state index contributed by atoms with van der Waals surface area (Å²) >= 11 is 0. The molecule has 3 nitrogen and oxygen atoms in total. The van der Waals surface area contributed by atoms with Crippen molar-refractivity contribution in [3.05, 3.63) is 41.7 Å². The van der Waals surface area contributed by atoms with E-state index in [0.717, 1.165) is 19.4 Å². The molecule has 86 valence electrons. The van der Waals surface area contributed by atoms with Crippen molar-refractivity contribution >= 4 is 23.3 Å². The lowest BCUT2D eigenvalue weighted by molar-refractivity contribution is 0.802. The molecule has 2 heterocycles. The molecule has 0 saturated heterocycles. The summed E-state index contributed by atoms with van der Waals surface area (Å²) in [5.41, 5.74) is 9.31. The highest BCUT2D eigenvalue weighted by atomic mass is 15.0. The van der Waals surface area contributed by atoms with Crippen molar-refractivity contribution < 1.29 is 0 Å². The maximum absolute atomic E-state index is 5.58. The largest absolute Gasteiger partial charge is 0.330 e. The highest BCUT2D eigenvalue weighted by Crippen LogP contribution is 2.25. The monoisotopic (exact) mass is 225 g/mol. The molecule has 0 fully saturated rings. The molecule has 0 unspecified atom stereocenters. The number of aryl methyl sites for hydroxylation is 1. The molecule has 1 aliphatic rings. The van der Waals surface area contributed by atoms with Crippen LogP contribution in [-0.2, 0) is 6.42 Å². The third-order valence-electron chi connectivity index (χ3n) is 3.12. The molecule has 0 atom stereocenters. The quantitative estimate of drug-likeness (QED) is 0.856. The Kier molecular flexibility index (Phi) is 2.53. The Morgan fingerprint density at radius 1 is 1.29 bits per heavy atom. The Hall–Kier alpha value is -1.87. The Balaban J connectivity index is 2.22. The van der Waals surface area contributed by atoms with Crippen molar-refractivity contribution in [1.82, 2.24) is 4.57 Å². The van der Waals surface area contributed by atoms with Gasteiger partial charge in [0.25, 0.3) is 0 Å². The van der Waals surface area contributed by atoms with Crippen molar-refractivity contribution in [1.29, 1.82) is 0 Å². The fourth-order valence-corrected chi connectivity index (χ4v) is 2.35. The van der Waals surface area contributed by atoms with Crippen molar-refractivity contribution in [2.24, 2.45) is 10.7 Å². The molecule has 1 aromatic heterocycles. The molecule has 1 aromatic carbocycles. The first kappa shape index (κ1) is 10.3. The predicted octanol–water partition coefficient (Wildman–Crippen LogP) is 2.39. The number of aliphatic imine (C=N–C) groups is 1. The molecule has 2 aromatic rings. The Bertz CT molecular complexity index is 605. The van der Waals surface area contributed by atoms with E-state index in [-0.39, 0.29) is 0 Å². The van der Waals surface area contributed by atoms with Gasteiger partial charge in [-0.2, -0.15) is 0 Å². The molecule has 0 spiro atoms. The first-order chi connectivity index (χ1) is 8.40. The molecule has 3 rings (SSSR count). The summed E-state index contributed by atoms with van der Waals surface area (Å²) in [6.45, 7) is 0.731. The molecule has 0 radical (unpaired) electrons. The second-order valence-corrected chi connectivity index (χ2v) is 4.26. The second-order valence-electron chi connectivity index (χ2n) is 4.26. The van der Waals surface area contributed by atoms with Crippen molar-refractivity contribution in [2.45, 2.75) is 12.8 Å². The van der Waals surface area contributed by atoms with Crippen LogP contribution in [0.1, 0.15) is 17.7 Å². The third kappa shape index (κ3) is 1.68. The van der Waals surface area contributed by atoms with Crippen LogP contribution in [0.15, 0.2) is 35.5 Å². The van der Waals surface area contributed by atoms with Gasteiger partial charge in [-0.05, 0) is 25.5 Å². The SMILES string of the molecule is NCCCc1cc2cccc3c2n1C=CN=C3. The van der Waals surface area contributed by atoms with E-state index < -0.39 is 0 Å². The number of benzene rings is 1. The van der Waals surface area contributed by atoms with E-state index in [2.05, 4.69) is 33.8 Å². The van der Waals surface area contributed by atoms with Gasteiger partial charge in [-0.25, -0.2) is 0 Å². The molecule has 3 heteroatoms. The number of rotatable bonds is 3. The van der Waals surface area contributed by atoms with E-state index in [1.165, 1.54) is 22.2 Å². The lowest BCUT2D eigenvalue weighted by Gasteiger charge is -2.04. The zero-order valence-electron chi connectivity index (χ0n) is 9.63. The zero-order chi connectivity index (χ0) is 11.7. The topological polar surface area (TPSA) is 43.3 Å². The van der Waals surface area contributed by atoms with Crippen LogP contribution in [0.25, 0.3) is 17.1 Å². The first-order valence-corrected chi connectivity index (χ1v) is 5.93. The molecule has 0 bridgehead atoms. The maximum atomic E-state index is 5.58. The highest BCUT2D eigenvalue weighted by Gasteiger charge is 2.10. The van der Waals surface area contributed by atoms with E-state index in [9.17, 15) is 0 Å². The lowest BCUT2D eigenvalue weighted by atomic mass is 10.1. The van der Waals surface area contributed by atoms with Crippen LogP contribution in [-0.4, -0.2) is 17.3 Å². The molecule has 2 N–H and O–H groups in total. The van der Waals surface area contributed by atoms with E-state index >= 15 is 0 Å². The zero-order valence-corrected chi connectivity index (χ0v) is 9.63. The summed E-state index contributed by atoms with van der Waals surface area (Å²) < 4.78 is 2.23. The summed E-state index contributed by atoms with van der Waals surface area (Å²) in [6, 6.07) is 8.57. The van der Waals surface area contributed by atoms with Crippen molar-refractivity contribution in [2.75, 3.05) is 6.54 Å². The fourth-order valence-electron chi connectivity index (χ4n) is 2.35. The van der Waals surface area contributed by atoms with E-state index in [0.29, 0.717) is 0 Å². The number of nitrogens with zero attached hydrogens (tertiary/aromatic N) is 2. The van der Waals surface area contributed by atoms with Gasteiger partial charge in [0.2, 0.25) is 0 Å². The summed E-state index contributed by atoms with van der Waals surface area (Å²) in [7, 11) is 0. The minimum Gasteiger partial charge on any atom is -0.330 e. The number of nitrogens with two attached hydrogens (primary N) is 1. The lowest BCUT2D eigenvalue weighted by Crippen LogP contribution is -2.03. The molecule has 1 aliphatic heterocycles. The minimum atomic E-state index is 0.731. The van der Waals surface area contributed by atoms with Crippen LogP contribution in [0.2, 0.25) is 0 Å². The van der Waals surface area contributed by atoms with Gasteiger partial charge in [0.05, 0.1) is 5.52 Å². The Labute approximate surface area is 100 Å². The molecule has 0 aliphatic carbocycles. The summed E-state index contributed by atoms with van der Waals surface area (Å²) in [4.78, 5) is 4.25. The standard InChI is InChI=1S/C14H15N3/c15-6-2-5-13-9-11-3-1-4-12-10-16-7-8-17(13)14(11)12/h1,3-4,7-10H,2,5-6,15H2. The van der Waals surface area contributed by atoms with Crippen LogP contribution in [0.3, 0.4) is 0 Å². The average Bonchev–Trinajstić information content (AvgIpc) is 2.55. The number of para-hydroxylation sites is 1. The normalized spacial score (nSPS) is 13.2. The van der Waals surface area contributed by atoms with Crippen LogP contribution >= 0.6 is 0 Å². The van der Waals surface area contributed by atoms with E-state index in [1.54, 1.807) is 0 Å². The van der Waals surface area contributed by atoms with Gasteiger partial charge in [-0.15, -0.1) is 0 Å². The number of aromatic nitrogens is 1. The van der Waals surface area contributed by atoms with Gasteiger partial charge >= 0.3 is 0 Å². The summed E-state index contributed by atoms with van der Waals surface area (Å²) in [5, 5.41) is 1.27. The van der Waals surface area contributed by atoms with Gasteiger partial charge in [-0.3, -0.25) is 4.99 Å². The summed E-state index contributed by atoms with van der Waals surface area (Å²) in [6.07, 6.45) is 7.80. The van der Waals surface area contributed by atoms with Crippen LogP contribution in [0, 0.1) is 0 Å². The van der Waals surface area contributed by atoms with Crippen molar-refractivity contribution in [3.63, 3.8) is 0 Å². The molecule has 0 saturated carbocycles. The summed E-state index contributed by atoms with van der Waals surface area (Å²) in [5.74, 6) is 0. The maximum Gasteiger partial charge on any atom is 0.0613 e. The fraction of sp³-hybridized carbons (Fsp3) is 0.214. The third-order valence-corrected chi connectivity index (χ3v) is 3.12. The van der Waals surface area contributed by atoms with Gasteiger partial charge in [-0.1, -0.05) is 18.2 Å². The smallest absolute Gasteiger partial charge is 0.0613 e. The number of hydrogen-bond donors (Lipinski definition) is 1. The van der Waals surface area contributed by atoms with Crippen LogP contribution in [0.5, 0.6) is 0 Å². The molecular formula is C14H15N3. The van der Waals surface area contributed by atoms with Gasteiger partial charge < -0.3 is 10.3 Å². The van der Waals surface area contributed by atoms with Crippen LogP contribution in [0.4, 0.5) is 0 Å². The Morgan fingerprint density at radius 3 is 3.12 bits per heavy atom. The van der Waals surface area contributed by atoms with E-state index in [1.807, 2.05) is 18.6 Å². The molecule has 17 heavy (non-hydrogen) atoms. The van der Waals surface area contributed by atoms with Gasteiger partial charge in [0, 0.05) is 35.3 Å².